The smallest absolute Gasteiger partial charge is 0.171 e. The van der Waals surface area contributed by atoms with Gasteiger partial charge in [0.2, 0.25) is 0 Å². The van der Waals surface area contributed by atoms with Crippen LogP contribution in [-0.2, 0) is 25.9 Å². The van der Waals surface area contributed by atoms with Crippen LogP contribution in [0.4, 0.5) is 0 Å². The highest BCUT2D eigenvalue weighted by molar-refractivity contribution is 5.06. The zero-order valence-electron chi connectivity index (χ0n) is 10.8. The highest BCUT2D eigenvalue weighted by Crippen LogP contribution is 2.04. The summed E-state index contributed by atoms with van der Waals surface area (Å²) in [6, 6.07) is 8.83. The Kier molecular flexibility index (Phi) is 3.35. The maximum absolute atomic E-state index is 2.33. The van der Waals surface area contributed by atoms with Crippen LogP contribution in [0.25, 0.3) is 0 Å². The number of pyridine rings is 2. The van der Waals surface area contributed by atoms with Crippen LogP contribution in [0, 0.1) is 0 Å². The Morgan fingerprint density at radius 2 is 1.22 bits per heavy atom. The highest BCUT2D eigenvalue weighted by atomic mass is 14.9. The average molecular weight is 240 g/mol. The van der Waals surface area contributed by atoms with Gasteiger partial charge >= 0.3 is 0 Å². The zero-order valence-corrected chi connectivity index (χ0v) is 10.8. The first-order valence-corrected chi connectivity index (χ1v) is 6.86. The number of nitrogens with zero attached hydrogens (tertiary/aromatic N) is 2. The third kappa shape index (κ3) is 2.76. The van der Waals surface area contributed by atoms with E-state index in [0.29, 0.717) is 0 Å². The van der Waals surface area contributed by atoms with Crippen molar-refractivity contribution in [2.24, 2.45) is 0 Å². The number of hydrogen-bond acceptors (Lipinski definition) is 0. The van der Waals surface area contributed by atoms with Gasteiger partial charge in [-0.25, -0.2) is 9.13 Å². The highest BCUT2D eigenvalue weighted by Gasteiger charge is 2.08. The maximum Gasteiger partial charge on any atom is 0.171 e. The summed E-state index contributed by atoms with van der Waals surface area (Å²) in [6.45, 7) is 2.23. The predicted octanol–water partition coefficient (Wildman–Crippen LogP) is 1.84. The molecule has 0 saturated carbocycles. The molecule has 0 unspecified atom stereocenters. The van der Waals surface area contributed by atoms with Gasteiger partial charge in [-0.1, -0.05) is 0 Å². The van der Waals surface area contributed by atoms with E-state index in [0.717, 1.165) is 25.9 Å². The van der Waals surface area contributed by atoms with E-state index in [1.807, 2.05) is 0 Å². The molecule has 92 valence electrons. The second kappa shape index (κ2) is 5.30. The minimum atomic E-state index is 1.11. The number of aryl methyl sites for hydroxylation is 4. The number of hydrogen-bond donors (Lipinski definition) is 0. The molecule has 1 aliphatic rings. The Morgan fingerprint density at radius 3 is 1.72 bits per heavy atom. The van der Waals surface area contributed by atoms with Gasteiger partial charge in [-0.3, -0.25) is 0 Å². The molecule has 0 aromatic carbocycles. The molecular formula is C16H20N2+2. The number of rotatable bonds is 0. The lowest BCUT2D eigenvalue weighted by Crippen LogP contribution is -2.36. The number of aromatic nitrogens is 2. The molecule has 0 spiro atoms. The van der Waals surface area contributed by atoms with E-state index in [1.54, 1.807) is 0 Å². The van der Waals surface area contributed by atoms with Crippen LogP contribution >= 0.6 is 0 Å². The van der Waals surface area contributed by atoms with Crippen LogP contribution in [0.15, 0.2) is 49.1 Å². The molecule has 3 rings (SSSR count). The number of fused-ring (bicyclic) bond motifs is 4. The average Bonchev–Trinajstić information content (AvgIpc) is 2.39. The minimum Gasteiger partial charge on any atom is -0.205 e. The first-order valence-electron chi connectivity index (χ1n) is 6.86. The molecule has 0 N–H and O–H groups in total. The monoisotopic (exact) mass is 240 g/mol. The first-order chi connectivity index (χ1) is 8.90. The van der Waals surface area contributed by atoms with Crippen molar-refractivity contribution < 1.29 is 9.13 Å². The summed E-state index contributed by atoms with van der Waals surface area (Å²) in [5.41, 5.74) is 2.91. The van der Waals surface area contributed by atoms with Crippen LogP contribution in [0.5, 0.6) is 0 Å². The summed E-state index contributed by atoms with van der Waals surface area (Å²) in [7, 11) is 0. The van der Waals surface area contributed by atoms with Crippen LogP contribution in [0.3, 0.4) is 0 Å². The van der Waals surface area contributed by atoms with Gasteiger partial charge in [0.05, 0.1) is 0 Å². The van der Waals surface area contributed by atoms with Gasteiger partial charge in [-0.05, 0) is 25.0 Å². The van der Waals surface area contributed by atoms with Gasteiger partial charge in [0.1, 0.15) is 13.1 Å². The molecule has 1 aliphatic heterocycles. The molecule has 0 aliphatic carbocycles. The van der Waals surface area contributed by atoms with Crippen molar-refractivity contribution in [3.63, 3.8) is 0 Å². The lowest BCUT2D eigenvalue weighted by molar-refractivity contribution is -0.700. The molecule has 18 heavy (non-hydrogen) atoms. The third-order valence-corrected chi connectivity index (χ3v) is 3.60. The summed E-state index contributed by atoms with van der Waals surface area (Å²) < 4.78 is 4.65. The quantitative estimate of drug-likeness (QED) is 0.621. The minimum absolute atomic E-state index is 1.11. The molecule has 3 heterocycles. The fourth-order valence-corrected chi connectivity index (χ4v) is 2.66. The Morgan fingerprint density at radius 1 is 0.722 bits per heavy atom. The molecular weight excluding hydrogens is 220 g/mol. The largest absolute Gasteiger partial charge is 0.205 e. The molecule has 2 aromatic rings. The second-order valence-corrected chi connectivity index (χ2v) is 5.11. The van der Waals surface area contributed by atoms with Gasteiger partial charge in [0.25, 0.3) is 0 Å². The van der Waals surface area contributed by atoms with Crippen molar-refractivity contribution in [1.29, 1.82) is 0 Å². The van der Waals surface area contributed by atoms with Crippen LogP contribution in [0.1, 0.15) is 24.0 Å². The lowest BCUT2D eigenvalue weighted by atomic mass is 10.1. The van der Waals surface area contributed by atoms with E-state index in [2.05, 4.69) is 58.2 Å². The van der Waals surface area contributed by atoms with E-state index in [9.17, 15) is 0 Å². The summed E-state index contributed by atoms with van der Waals surface area (Å²) >= 11 is 0. The van der Waals surface area contributed by atoms with E-state index in [1.165, 1.54) is 24.0 Å². The molecule has 0 fully saturated rings. The van der Waals surface area contributed by atoms with Gasteiger partial charge in [0.15, 0.2) is 24.8 Å². The van der Waals surface area contributed by atoms with E-state index in [-0.39, 0.29) is 0 Å². The van der Waals surface area contributed by atoms with Crippen LogP contribution in [0.2, 0.25) is 0 Å². The van der Waals surface area contributed by atoms with E-state index >= 15 is 0 Å². The van der Waals surface area contributed by atoms with Gasteiger partial charge < -0.3 is 0 Å². The zero-order chi connectivity index (χ0) is 12.2. The molecule has 0 radical (unpaired) electrons. The van der Waals surface area contributed by atoms with Crippen molar-refractivity contribution >= 4 is 0 Å². The van der Waals surface area contributed by atoms with Crippen molar-refractivity contribution in [3.05, 3.63) is 60.2 Å². The van der Waals surface area contributed by atoms with Crippen LogP contribution < -0.4 is 9.13 Å². The maximum atomic E-state index is 2.33. The summed E-state index contributed by atoms with van der Waals surface area (Å²) in [6.07, 6.45) is 13.7. The fourth-order valence-electron chi connectivity index (χ4n) is 2.66. The van der Waals surface area contributed by atoms with Crippen molar-refractivity contribution in [2.75, 3.05) is 0 Å². The Bertz CT molecular complexity index is 446. The lowest BCUT2D eigenvalue weighted by Gasteiger charge is -2.04. The molecule has 0 amide bonds. The summed E-state index contributed by atoms with van der Waals surface area (Å²) in [4.78, 5) is 0. The van der Waals surface area contributed by atoms with E-state index in [4.69, 9.17) is 0 Å². The van der Waals surface area contributed by atoms with Crippen molar-refractivity contribution in [3.8, 4) is 0 Å². The second-order valence-electron chi connectivity index (χ2n) is 5.11. The normalized spacial score (nSPS) is 15.6. The molecule has 0 atom stereocenters. The Balaban J connectivity index is 1.84. The van der Waals surface area contributed by atoms with Crippen molar-refractivity contribution in [1.82, 2.24) is 0 Å². The van der Waals surface area contributed by atoms with Gasteiger partial charge in [-0.2, -0.15) is 0 Å². The summed E-state index contributed by atoms with van der Waals surface area (Å²) in [5.74, 6) is 0. The van der Waals surface area contributed by atoms with Gasteiger partial charge in [0, 0.05) is 36.1 Å². The fraction of sp³-hybridized carbons (Fsp3) is 0.375. The first kappa shape index (κ1) is 11.4. The molecule has 2 heteroatoms. The standard InChI is InChI=1S/C16H20N2/c1-5-15-7-3-12-18-10-2-6-16(14-18)8-4-11-17(9-1)13-15/h1-2,5-6,9-10,13-14H,3-4,7-8,11-12H2/q+2. The topological polar surface area (TPSA) is 7.76 Å². The molecule has 0 saturated heterocycles. The molecule has 2 aromatic heterocycles. The third-order valence-electron chi connectivity index (χ3n) is 3.60. The SMILES string of the molecule is c1cc2c[n+](c1)CCCc1ccc[n+](c1)CCC2. The van der Waals surface area contributed by atoms with Crippen molar-refractivity contribution in [2.45, 2.75) is 38.8 Å². The Hall–Kier alpha value is -1.70. The molecule has 2 nitrogen and oxygen atoms in total. The van der Waals surface area contributed by atoms with E-state index < -0.39 is 0 Å². The summed E-state index contributed by atoms with van der Waals surface area (Å²) in [5, 5.41) is 0. The Labute approximate surface area is 109 Å². The van der Waals surface area contributed by atoms with Gasteiger partial charge in [-0.15, -0.1) is 0 Å². The van der Waals surface area contributed by atoms with Crippen LogP contribution in [-0.4, -0.2) is 0 Å². The predicted molar refractivity (Wildman–Crippen MR) is 69.9 cm³/mol. The molecule has 4 bridgehead atoms.